The number of rotatable bonds is 5. The molecular weight excluding hydrogens is 298 g/mol. The quantitative estimate of drug-likeness (QED) is 0.863. The van der Waals surface area contributed by atoms with Gasteiger partial charge in [0.2, 0.25) is 10.0 Å². The molecule has 0 radical (unpaired) electrons. The van der Waals surface area contributed by atoms with Crippen LogP contribution in [-0.4, -0.2) is 21.0 Å². The highest BCUT2D eigenvalue weighted by Gasteiger charge is 2.29. The first-order valence-corrected chi connectivity index (χ1v) is 7.09. The first kappa shape index (κ1) is 16.3. The van der Waals surface area contributed by atoms with Crippen LogP contribution in [-0.2, 0) is 10.0 Å². The summed E-state index contributed by atoms with van der Waals surface area (Å²) in [7, 11) is -3.98. The van der Waals surface area contributed by atoms with Gasteiger partial charge in [0.05, 0.1) is 0 Å². The molecule has 4 nitrogen and oxygen atoms in total. The molecule has 2 rings (SSSR count). The summed E-state index contributed by atoms with van der Waals surface area (Å²) in [6.45, 7) is 0.0593. The van der Waals surface area contributed by atoms with E-state index in [9.17, 15) is 17.2 Å². The van der Waals surface area contributed by atoms with Crippen molar-refractivity contribution in [1.82, 2.24) is 4.72 Å². The molecule has 0 bridgehead atoms. The summed E-state index contributed by atoms with van der Waals surface area (Å²) in [4.78, 5) is -0.563. The second kappa shape index (κ2) is 6.13. The van der Waals surface area contributed by atoms with Crippen LogP contribution in [0.25, 0.3) is 0 Å². The van der Waals surface area contributed by atoms with E-state index in [1.807, 2.05) is 0 Å². The molecule has 1 unspecified atom stereocenters. The van der Waals surface area contributed by atoms with Gasteiger partial charge in [-0.3, -0.25) is 0 Å². The Kier molecular flexibility index (Phi) is 5.26. The zero-order valence-electron chi connectivity index (χ0n) is 9.97. The fourth-order valence-corrected chi connectivity index (χ4v) is 2.80. The smallest absolute Gasteiger partial charge is 0.243 e. The lowest BCUT2D eigenvalue weighted by atomic mass is 10.2. The lowest BCUT2D eigenvalue weighted by Crippen LogP contribution is -2.38. The maximum atomic E-state index is 13.4. The van der Waals surface area contributed by atoms with E-state index in [0.717, 1.165) is 25.0 Å². The van der Waals surface area contributed by atoms with Gasteiger partial charge < -0.3 is 5.73 Å². The monoisotopic (exact) mass is 312 g/mol. The number of hydrogen-bond donors (Lipinski definition) is 2. The molecule has 0 heterocycles. The van der Waals surface area contributed by atoms with Gasteiger partial charge in [-0.2, -0.15) is 0 Å². The molecule has 1 aromatic carbocycles. The third kappa shape index (κ3) is 4.10. The van der Waals surface area contributed by atoms with Crippen molar-refractivity contribution in [1.29, 1.82) is 0 Å². The van der Waals surface area contributed by atoms with Crippen molar-refractivity contribution in [3.63, 3.8) is 0 Å². The van der Waals surface area contributed by atoms with Gasteiger partial charge in [0, 0.05) is 18.7 Å². The molecular formula is C11H15ClF2N2O2S. The van der Waals surface area contributed by atoms with Crippen molar-refractivity contribution >= 4 is 22.4 Å². The van der Waals surface area contributed by atoms with Crippen molar-refractivity contribution in [2.45, 2.75) is 23.8 Å². The maximum Gasteiger partial charge on any atom is 0.243 e. The van der Waals surface area contributed by atoms with E-state index in [0.29, 0.717) is 12.0 Å². The van der Waals surface area contributed by atoms with Gasteiger partial charge in [0.15, 0.2) is 0 Å². The van der Waals surface area contributed by atoms with E-state index in [2.05, 4.69) is 4.72 Å². The molecule has 0 aliphatic heterocycles. The van der Waals surface area contributed by atoms with Gasteiger partial charge >= 0.3 is 0 Å². The molecule has 0 spiro atoms. The second-order valence-electron chi connectivity index (χ2n) is 4.43. The number of hydrogen-bond acceptors (Lipinski definition) is 3. The van der Waals surface area contributed by atoms with Crippen LogP contribution in [0, 0.1) is 17.6 Å². The van der Waals surface area contributed by atoms with Crippen LogP contribution in [0.2, 0.25) is 0 Å². The molecule has 1 aliphatic carbocycles. The van der Waals surface area contributed by atoms with Crippen LogP contribution >= 0.6 is 12.4 Å². The number of nitrogens with two attached hydrogens (primary N) is 1. The van der Waals surface area contributed by atoms with Crippen LogP contribution in [0.5, 0.6) is 0 Å². The average molecular weight is 313 g/mol. The van der Waals surface area contributed by atoms with Crippen molar-refractivity contribution in [2.75, 3.05) is 6.54 Å². The predicted octanol–water partition coefficient (Wildman–Crippen LogP) is 1.40. The molecule has 19 heavy (non-hydrogen) atoms. The Morgan fingerprint density at radius 1 is 1.37 bits per heavy atom. The van der Waals surface area contributed by atoms with Gasteiger partial charge in [-0.05, 0) is 30.9 Å². The number of halogens is 3. The largest absolute Gasteiger partial charge is 0.326 e. The Bertz CT molecular complexity index is 550. The van der Waals surface area contributed by atoms with Gasteiger partial charge in [-0.25, -0.2) is 21.9 Å². The fourth-order valence-electron chi connectivity index (χ4n) is 1.67. The minimum Gasteiger partial charge on any atom is -0.326 e. The summed E-state index contributed by atoms with van der Waals surface area (Å²) in [5.74, 6) is -1.59. The van der Waals surface area contributed by atoms with Gasteiger partial charge in [0.1, 0.15) is 16.5 Å². The van der Waals surface area contributed by atoms with Gasteiger partial charge in [0.25, 0.3) is 0 Å². The first-order valence-electron chi connectivity index (χ1n) is 5.60. The Hall–Kier alpha value is -0.760. The van der Waals surface area contributed by atoms with Gasteiger partial charge in [-0.1, -0.05) is 0 Å². The molecule has 1 atom stereocenters. The fraction of sp³-hybridized carbons (Fsp3) is 0.455. The van der Waals surface area contributed by atoms with Crippen molar-refractivity contribution in [3.8, 4) is 0 Å². The lowest BCUT2D eigenvalue weighted by molar-refractivity contribution is 0.530. The molecule has 8 heteroatoms. The Morgan fingerprint density at radius 2 is 2.00 bits per heavy atom. The Labute approximate surface area is 116 Å². The zero-order chi connectivity index (χ0) is 13.3. The highest BCUT2D eigenvalue weighted by atomic mass is 35.5. The Morgan fingerprint density at radius 3 is 2.53 bits per heavy atom. The predicted molar refractivity (Wildman–Crippen MR) is 69.5 cm³/mol. The van der Waals surface area contributed by atoms with E-state index in [1.165, 1.54) is 0 Å². The summed E-state index contributed by atoms with van der Waals surface area (Å²) >= 11 is 0. The van der Waals surface area contributed by atoms with E-state index < -0.39 is 26.6 Å². The van der Waals surface area contributed by atoms with Gasteiger partial charge in [-0.15, -0.1) is 12.4 Å². The standard InChI is InChI=1S/C11H14F2N2O2S.ClH/c12-8-3-4-11(9(13)5-8)18(16,17)15-6-10(14)7-1-2-7;/h3-5,7,10,15H,1-2,6,14H2;1H. The lowest BCUT2D eigenvalue weighted by Gasteiger charge is -2.12. The Balaban J connectivity index is 0.00000180. The third-order valence-electron chi connectivity index (χ3n) is 2.92. The minimum atomic E-state index is -3.98. The molecule has 108 valence electrons. The second-order valence-corrected chi connectivity index (χ2v) is 6.16. The van der Waals surface area contributed by atoms with Crippen molar-refractivity contribution in [3.05, 3.63) is 29.8 Å². The maximum absolute atomic E-state index is 13.4. The van der Waals surface area contributed by atoms with Crippen LogP contribution in [0.3, 0.4) is 0 Å². The SMILES string of the molecule is Cl.NC(CNS(=O)(=O)c1ccc(F)cc1F)C1CC1. The van der Waals surface area contributed by atoms with Crippen LogP contribution in [0.1, 0.15) is 12.8 Å². The highest BCUT2D eigenvalue weighted by Crippen LogP contribution is 2.31. The summed E-state index contributed by atoms with van der Waals surface area (Å²) in [5, 5.41) is 0. The number of benzene rings is 1. The molecule has 0 amide bonds. The topological polar surface area (TPSA) is 72.2 Å². The summed E-state index contributed by atoms with van der Waals surface area (Å²) in [6.07, 6.45) is 1.99. The number of nitrogens with one attached hydrogen (secondary N) is 1. The summed E-state index contributed by atoms with van der Waals surface area (Å²) < 4.78 is 51.8. The molecule has 0 saturated heterocycles. The summed E-state index contributed by atoms with van der Waals surface area (Å²) in [6, 6.07) is 2.08. The van der Waals surface area contributed by atoms with Crippen molar-refractivity contribution in [2.24, 2.45) is 11.7 Å². The van der Waals surface area contributed by atoms with Crippen LogP contribution < -0.4 is 10.5 Å². The van der Waals surface area contributed by atoms with E-state index >= 15 is 0 Å². The van der Waals surface area contributed by atoms with Crippen molar-refractivity contribution < 1.29 is 17.2 Å². The molecule has 1 fully saturated rings. The molecule has 3 N–H and O–H groups in total. The zero-order valence-corrected chi connectivity index (χ0v) is 11.6. The molecule has 1 saturated carbocycles. The molecule has 1 aliphatic rings. The number of sulfonamides is 1. The van der Waals surface area contributed by atoms with E-state index in [-0.39, 0.29) is 25.0 Å². The molecule has 1 aromatic rings. The normalized spacial score (nSPS) is 16.8. The molecule has 0 aromatic heterocycles. The minimum absolute atomic E-state index is 0. The third-order valence-corrected chi connectivity index (χ3v) is 4.38. The van der Waals surface area contributed by atoms with E-state index in [1.54, 1.807) is 0 Å². The average Bonchev–Trinajstić information content (AvgIpc) is 3.09. The summed E-state index contributed by atoms with van der Waals surface area (Å²) in [5.41, 5.74) is 5.75. The first-order chi connectivity index (χ1) is 8.40. The van der Waals surface area contributed by atoms with Crippen LogP contribution in [0.15, 0.2) is 23.1 Å². The highest BCUT2D eigenvalue weighted by molar-refractivity contribution is 7.89. The van der Waals surface area contributed by atoms with Crippen LogP contribution in [0.4, 0.5) is 8.78 Å². The van der Waals surface area contributed by atoms with E-state index in [4.69, 9.17) is 5.73 Å².